The van der Waals surface area contributed by atoms with Crippen molar-refractivity contribution < 1.29 is 49.2 Å². The maximum absolute atomic E-state index is 13.8. The predicted molar refractivity (Wildman–Crippen MR) is 146 cm³/mol. The Morgan fingerprint density at radius 2 is 1.15 bits per heavy atom. The molecule has 7 N–H and O–H groups in total. The van der Waals surface area contributed by atoms with Gasteiger partial charge in [-0.2, -0.15) is 0 Å². The van der Waals surface area contributed by atoms with Crippen LogP contribution in [0, 0.1) is 11.8 Å². The minimum absolute atomic E-state index is 0.331. The van der Waals surface area contributed by atoms with Crippen LogP contribution >= 0.6 is 0 Å². The quantitative estimate of drug-likeness (QED) is 0.0851. The first-order chi connectivity index (χ1) is 18.3. The number of ketones is 5. The zero-order chi connectivity index (χ0) is 31.8. The van der Waals surface area contributed by atoms with Crippen molar-refractivity contribution in [3.8, 4) is 0 Å². The molecular weight excluding hydrogens is 526 g/mol. The number of nitrogens with one attached hydrogen (secondary N) is 3. The van der Waals surface area contributed by atoms with Crippen LogP contribution in [0.25, 0.3) is 0 Å². The molecule has 0 saturated heterocycles. The number of carboxylic acids is 1. The number of Topliss-reactive ketones (excluding diaryl/α,β-unsaturated/α-hetero) is 5. The largest absolute Gasteiger partial charge is 0.479 e. The lowest BCUT2D eigenvalue weighted by Gasteiger charge is -2.37. The lowest BCUT2D eigenvalue weighted by molar-refractivity contribution is -0.181. The van der Waals surface area contributed by atoms with Gasteiger partial charge in [0.25, 0.3) is 0 Å². The molecule has 0 aliphatic heterocycles. The molecule has 0 aromatic heterocycles. The third-order valence-corrected chi connectivity index (χ3v) is 7.89. The number of hydrogen-bond acceptors (Lipinski definition) is 12. The maximum Gasteiger partial charge on any atom is 0.344 e. The molecule has 13 nitrogen and oxygen atoms in total. The molecule has 0 aromatic carbocycles. The first-order valence-corrected chi connectivity index (χ1v) is 13.4. The van der Waals surface area contributed by atoms with E-state index in [9.17, 15) is 49.2 Å². The van der Waals surface area contributed by atoms with Crippen LogP contribution in [0.2, 0.25) is 0 Å². The van der Waals surface area contributed by atoms with Gasteiger partial charge in [-0.1, -0.05) is 40.5 Å². The molecule has 0 amide bonds. The lowest BCUT2D eigenvalue weighted by atomic mass is 9.71. The number of likely N-dealkylation sites (N-methyl/N-ethyl adjacent to an activating group) is 3. The Morgan fingerprint density at radius 3 is 1.52 bits per heavy atom. The van der Waals surface area contributed by atoms with Crippen molar-refractivity contribution in [2.75, 3.05) is 21.1 Å². The summed E-state index contributed by atoms with van der Waals surface area (Å²) in [6, 6.07) is -3.32. The van der Waals surface area contributed by atoms with E-state index in [1.807, 2.05) is 0 Å². The molecule has 0 aliphatic rings. The summed E-state index contributed by atoms with van der Waals surface area (Å²) in [5.41, 5.74) is -9.94. The molecule has 8 atom stereocenters. The van der Waals surface area contributed by atoms with E-state index in [0.717, 1.165) is 6.92 Å². The van der Waals surface area contributed by atoms with E-state index in [4.69, 9.17) is 0 Å². The number of aliphatic carboxylic acids is 1. The Hall–Kier alpha value is -2.42. The summed E-state index contributed by atoms with van der Waals surface area (Å²) in [5, 5.41) is 51.3. The van der Waals surface area contributed by atoms with Crippen LogP contribution in [0.3, 0.4) is 0 Å². The normalized spacial score (nSPS) is 20.0. The Bertz CT molecular complexity index is 968. The topological polar surface area (TPSA) is 219 Å². The van der Waals surface area contributed by atoms with E-state index in [1.54, 1.807) is 27.7 Å². The second kappa shape index (κ2) is 15.0. The smallest absolute Gasteiger partial charge is 0.344 e. The van der Waals surface area contributed by atoms with Crippen molar-refractivity contribution in [1.82, 2.24) is 16.0 Å². The number of rotatable bonds is 20. The number of aliphatic hydroxyl groups is 3. The number of hydrogen-bond donors (Lipinski definition) is 7. The van der Waals surface area contributed by atoms with Gasteiger partial charge >= 0.3 is 5.97 Å². The molecule has 0 fully saturated rings. The van der Waals surface area contributed by atoms with E-state index in [0.29, 0.717) is 12.8 Å². The third kappa shape index (κ3) is 7.86. The molecule has 230 valence electrons. The summed E-state index contributed by atoms with van der Waals surface area (Å²) in [7, 11) is 4.16. The Morgan fingerprint density at radius 1 is 0.700 bits per heavy atom. The average Bonchev–Trinajstić information content (AvgIpc) is 2.91. The fourth-order valence-corrected chi connectivity index (χ4v) is 4.50. The first kappa shape index (κ1) is 37.6. The van der Waals surface area contributed by atoms with Crippen LogP contribution in [-0.2, 0) is 28.8 Å². The fourth-order valence-electron chi connectivity index (χ4n) is 4.50. The van der Waals surface area contributed by atoms with E-state index in [1.165, 1.54) is 28.1 Å². The van der Waals surface area contributed by atoms with Gasteiger partial charge in [0.15, 0.2) is 34.3 Å². The van der Waals surface area contributed by atoms with Gasteiger partial charge in [0.2, 0.25) is 11.4 Å². The molecule has 40 heavy (non-hydrogen) atoms. The second-order valence-electron chi connectivity index (χ2n) is 10.7. The van der Waals surface area contributed by atoms with Crippen LogP contribution in [0.4, 0.5) is 0 Å². The summed E-state index contributed by atoms with van der Waals surface area (Å²) >= 11 is 0. The zero-order valence-electron chi connectivity index (χ0n) is 25.0. The van der Waals surface area contributed by atoms with Gasteiger partial charge in [-0.15, -0.1) is 0 Å². The molecule has 0 rings (SSSR count). The average molecular weight is 574 g/mol. The van der Waals surface area contributed by atoms with Crippen LogP contribution in [-0.4, -0.2) is 111 Å². The van der Waals surface area contributed by atoms with Gasteiger partial charge in [0, 0.05) is 0 Å². The van der Waals surface area contributed by atoms with Crippen molar-refractivity contribution in [3.63, 3.8) is 0 Å². The summed E-state index contributed by atoms with van der Waals surface area (Å²) in [4.78, 5) is 78.7. The minimum atomic E-state index is -3.62. The number of carbonyl (C=O) groups excluding carboxylic acids is 5. The molecule has 0 aliphatic carbocycles. The van der Waals surface area contributed by atoms with Gasteiger partial charge in [0.05, 0.1) is 31.0 Å². The maximum atomic E-state index is 13.8. The van der Waals surface area contributed by atoms with Crippen molar-refractivity contribution in [2.45, 2.75) is 102 Å². The summed E-state index contributed by atoms with van der Waals surface area (Å²) < 4.78 is 0. The summed E-state index contributed by atoms with van der Waals surface area (Å²) in [5.74, 6) is -9.86. The monoisotopic (exact) mass is 573 g/mol. The van der Waals surface area contributed by atoms with E-state index >= 15 is 0 Å². The van der Waals surface area contributed by atoms with Crippen LogP contribution in [0.1, 0.15) is 67.2 Å². The van der Waals surface area contributed by atoms with Crippen molar-refractivity contribution in [3.05, 3.63) is 0 Å². The van der Waals surface area contributed by atoms with E-state index < -0.39 is 88.6 Å². The highest BCUT2D eigenvalue weighted by Crippen LogP contribution is 2.31. The zero-order valence-corrected chi connectivity index (χ0v) is 25.0. The minimum Gasteiger partial charge on any atom is -0.479 e. The van der Waals surface area contributed by atoms with Gasteiger partial charge in [-0.3, -0.25) is 24.0 Å². The highest BCUT2D eigenvalue weighted by Gasteiger charge is 2.61. The first-order valence-electron chi connectivity index (χ1n) is 13.4. The van der Waals surface area contributed by atoms with E-state index in [2.05, 4.69) is 16.0 Å². The fraction of sp³-hybridized carbons (Fsp3) is 0.778. The molecule has 0 saturated carbocycles. The van der Waals surface area contributed by atoms with Gasteiger partial charge < -0.3 is 36.4 Å². The highest BCUT2D eigenvalue weighted by molar-refractivity contribution is 6.25. The summed E-state index contributed by atoms with van der Waals surface area (Å²) in [6.07, 6.45) is -2.01. The molecule has 13 heteroatoms. The molecule has 0 heterocycles. The van der Waals surface area contributed by atoms with Crippen LogP contribution in [0.15, 0.2) is 0 Å². The Balaban J connectivity index is 7.02. The molecule has 0 bridgehead atoms. The third-order valence-electron chi connectivity index (χ3n) is 7.89. The van der Waals surface area contributed by atoms with Crippen molar-refractivity contribution in [2.24, 2.45) is 11.8 Å². The standard InChI is InChI=1S/C27H47N3O10/c1-10-14(3)19(29-8)17(31)12-27(40,24(36)37)23(35)26(39,22(34)20(30-9)15(4)11-2)13-18(32)25(6,38)21(33)16(5)28-7/h14-16,19-20,28-30,38-40H,10-13H2,1-9H3,(H,36,37)/t14-,15?,16+,19+,20+,25?,26?,27?/m0/s1. The Kier molecular flexibility index (Phi) is 14.1. The summed E-state index contributed by atoms with van der Waals surface area (Å²) in [6.45, 7) is 8.92. The van der Waals surface area contributed by atoms with Crippen LogP contribution in [0.5, 0.6) is 0 Å². The van der Waals surface area contributed by atoms with Crippen LogP contribution < -0.4 is 16.0 Å². The van der Waals surface area contributed by atoms with Gasteiger partial charge in [0.1, 0.15) is 0 Å². The SMILES string of the molecule is CCC(C)[C@@H](NC)C(=O)C(O)(CC(=O)C(C)(O)C(=O)[C@@H](C)NC)C(=O)C(O)(CC(=O)[C@H](NC)[C@@H](C)CC)C(=O)O. The molecule has 0 spiro atoms. The Labute approximate surface area is 235 Å². The van der Waals surface area contributed by atoms with Crippen molar-refractivity contribution in [1.29, 1.82) is 0 Å². The van der Waals surface area contributed by atoms with E-state index in [-0.39, 0.29) is 5.92 Å². The predicted octanol–water partition coefficient (Wildman–Crippen LogP) is -1.21. The number of carboxylic acid groups (broad SMARTS) is 1. The van der Waals surface area contributed by atoms with Gasteiger partial charge in [-0.25, -0.2) is 4.79 Å². The lowest BCUT2D eigenvalue weighted by Crippen LogP contribution is -2.67. The molecule has 0 radical (unpaired) electrons. The molecule has 4 unspecified atom stereocenters. The highest BCUT2D eigenvalue weighted by atomic mass is 16.4. The van der Waals surface area contributed by atoms with Crippen molar-refractivity contribution >= 4 is 34.9 Å². The molecular formula is C27H47N3O10. The molecule has 0 aromatic rings. The van der Waals surface area contributed by atoms with Gasteiger partial charge in [-0.05, 0) is 46.8 Å². The number of carbonyl (C=O) groups is 6. The second-order valence-corrected chi connectivity index (χ2v) is 10.7.